The first-order valence-electron chi connectivity index (χ1n) is 8.98. The molecule has 29 heavy (non-hydrogen) atoms. The van der Waals surface area contributed by atoms with Gasteiger partial charge < -0.3 is 9.88 Å². The third-order valence-corrected chi connectivity index (χ3v) is 5.49. The zero-order chi connectivity index (χ0) is 21.0. The van der Waals surface area contributed by atoms with Crippen molar-refractivity contribution in [3.8, 4) is 0 Å². The van der Waals surface area contributed by atoms with Gasteiger partial charge in [-0.3, -0.25) is 14.9 Å². The van der Waals surface area contributed by atoms with Crippen molar-refractivity contribution in [3.05, 3.63) is 81.2 Å². The third-order valence-electron chi connectivity index (χ3n) is 4.40. The number of carbonyl (C=O) groups excluding carboxylic acids is 1. The molecule has 2 aromatic carbocycles. The SMILES string of the molecule is Cc1cccc(C(=O)NC(C)c2nnc(SCc3ccc([N+](=O)[O-])cc3)n2C)c1. The Bertz CT molecular complexity index is 1030. The van der Waals surface area contributed by atoms with Crippen molar-refractivity contribution >= 4 is 23.4 Å². The lowest BCUT2D eigenvalue weighted by molar-refractivity contribution is -0.384. The highest BCUT2D eigenvalue weighted by Gasteiger charge is 2.18. The second kappa shape index (κ2) is 8.87. The molecule has 1 N–H and O–H groups in total. The molecule has 0 aliphatic rings. The zero-order valence-corrected chi connectivity index (χ0v) is 17.1. The minimum atomic E-state index is -0.418. The highest BCUT2D eigenvalue weighted by molar-refractivity contribution is 7.98. The number of nitrogens with one attached hydrogen (secondary N) is 1. The Kier molecular flexibility index (Phi) is 6.28. The van der Waals surface area contributed by atoms with Crippen molar-refractivity contribution < 1.29 is 9.72 Å². The van der Waals surface area contributed by atoms with Gasteiger partial charge in [0.15, 0.2) is 11.0 Å². The van der Waals surface area contributed by atoms with Gasteiger partial charge in [-0.2, -0.15) is 0 Å². The molecule has 0 aliphatic carbocycles. The number of nitro benzene ring substituents is 1. The summed E-state index contributed by atoms with van der Waals surface area (Å²) in [7, 11) is 1.85. The van der Waals surface area contributed by atoms with Crippen molar-refractivity contribution in [1.29, 1.82) is 0 Å². The van der Waals surface area contributed by atoms with Gasteiger partial charge in [0, 0.05) is 30.5 Å². The van der Waals surface area contributed by atoms with E-state index in [0.29, 0.717) is 22.3 Å². The lowest BCUT2D eigenvalue weighted by Gasteiger charge is -2.14. The number of hydrogen-bond donors (Lipinski definition) is 1. The summed E-state index contributed by atoms with van der Waals surface area (Å²) in [5.74, 6) is 1.09. The molecular formula is C20H21N5O3S. The number of thioether (sulfide) groups is 1. The van der Waals surface area contributed by atoms with Crippen molar-refractivity contribution in [1.82, 2.24) is 20.1 Å². The fourth-order valence-corrected chi connectivity index (χ4v) is 3.70. The number of non-ortho nitro benzene ring substituents is 1. The number of benzene rings is 2. The Labute approximate surface area is 172 Å². The van der Waals surface area contributed by atoms with Crippen LogP contribution in [0.2, 0.25) is 0 Å². The summed E-state index contributed by atoms with van der Waals surface area (Å²) in [5, 5.41) is 22.8. The van der Waals surface area contributed by atoms with Crippen molar-refractivity contribution in [3.63, 3.8) is 0 Å². The number of aromatic nitrogens is 3. The zero-order valence-electron chi connectivity index (χ0n) is 16.3. The quantitative estimate of drug-likeness (QED) is 0.360. The molecular weight excluding hydrogens is 390 g/mol. The van der Waals surface area contributed by atoms with E-state index >= 15 is 0 Å². The van der Waals surface area contributed by atoms with Crippen LogP contribution in [0.5, 0.6) is 0 Å². The summed E-state index contributed by atoms with van der Waals surface area (Å²) < 4.78 is 1.84. The second-order valence-electron chi connectivity index (χ2n) is 6.68. The van der Waals surface area contributed by atoms with Crippen LogP contribution in [0.4, 0.5) is 5.69 Å². The number of rotatable bonds is 7. The summed E-state index contributed by atoms with van der Waals surface area (Å²) in [4.78, 5) is 22.8. The van der Waals surface area contributed by atoms with Gasteiger partial charge in [0.25, 0.3) is 11.6 Å². The molecule has 0 fully saturated rings. The summed E-state index contributed by atoms with van der Waals surface area (Å²) in [6.07, 6.45) is 0. The first-order chi connectivity index (χ1) is 13.8. The maximum atomic E-state index is 12.5. The summed E-state index contributed by atoms with van der Waals surface area (Å²) in [6, 6.07) is 13.5. The van der Waals surface area contributed by atoms with Crippen molar-refractivity contribution in [2.45, 2.75) is 30.8 Å². The molecule has 8 nitrogen and oxygen atoms in total. The number of hydrogen-bond acceptors (Lipinski definition) is 6. The van der Waals surface area contributed by atoms with E-state index in [-0.39, 0.29) is 17.6 Å². The molecule has 0 spiro atoms. The van der Waals surface area contributed by atoms with Gasteiger partial charge >= 0.3 is 0 Å². The van der Waals surface area contributed by atoms with E-state index in [0.717, 1.165) is 11.1 Å². The highest BCUT2D eigenvalue weighted by atomic mass is 32.2. The van der Waals surface area contributed by atoms with E-state index in [9.17, 15) is 14.9 Å². The predicted molar refractivity (Wildman–Crippen MR) is 111 cm³/mol. The number of nitrogens with zero attached hydrogens (tertiary/aromatic N) is 4. The molecule has 0 aliphatic heterocycles. The minimum absolute atomic E-state index is 0.0675. The normalized spacial score (nSPS) is 11.8. The monoisotopic (exact) mass is 411 g/mol. The highest BCUT2D eigenvalue weighted by Crippen LogP contribution is 2.24. The van der Waals surface area contributed by atoms with Crippen LogP contribution in [0.25, 0.3) is 0 Å². The van der Waals surface area contributed by atoms with Gasteiger partial charge in [-0.05, 0) is 31.5 Å². The standard InChI is InChI=1S/C20H21N5O3S/c1-13-5-4-6-16(11-13)19(26)21-14(2)18-22-23-20(24(18)3)29-12-15-7-9-17(10-8-15)25(27)28/h4-11,14H,12H2,1-3H3,(H,21,26). The van der Waals surface area contributed by atoms with Crippen LogP contribution in [0, 0.1) is 17.0 Å². The fourth-order valence-electron chi connectivity index (χ4n) is 2.82. The number of amides is 1. The molecule has 1 amide bonds. The molecule has 0 radical (unpaired) electrons. The van der Waals surface area contributed by atoms with Crippen LogP contribution < -0.4 is 5.32 Å². The molecule has 1 atom stereocenters. The lowest BCUT2D eigenvalue weighted by atomic mass is 10.1. The number of aryl methyl sites for hydroxylation is 1. The fraction of sp³-hybridized carbons (Fsp3) is 0.250. The first-order valence-corrected chi connectivity index (χ1v) is 9.96. The number of nitro groups is 1. The van der Waals surface area contributed by atoms with Crippen LogP contribution in [0.15, 0.2) is 53.7 Å². The number of carbonyl (C=O) groups is 1. The maximum Gasteiger partial charge on any atom is 0.269 e. The van der Waals surface area contributed by atoms with Gasteiger partial charge in [0.05, 0.1) is 11.0 Å². The van der Waals surface area contributed by atoms with E-state index in [1.54, 1.807) is 18.2 Å². The molecule has 0 saturated carbocycles. The molecule has 1 unspecified atom stereocenters. The molecule has 0 saturated heterocycles. The van der Waals surface area contributed by atoms with E-state index in [2.05, 4.69) is 15.5 Å². The van der Waals surface area contributed by atoms with Crippen molar-refractivity contribution in [2.75, 3.05) is 0 Å². The second-order valence-corrected chi connectivity index (χ2v) is 7.62. The first kappa shape index (κ1) is 20.5. The Balaban J connectivity index is 1.63. The summed E-state index contributed by atoms with van der Waals surface area (Å²) in [5.41, 5.74) is 2.64. The Hall–Kier alpha value is -3.20. The van der Waals surface area contributed by atoms with E-state index < -0.39 is 4.92 Å². The Morgan fingerprint density at radius 3 is 2.62 bits per heavy atom. The van der Waals surface area contributed by atoms with Crippen LogP contribution in [-0.4, -0.2) is 25.6 Å². The van der Waals surface area contributed by atoms with Gasteiger partial charge in [0.2, 0.25) is 0 Å². The summed E-state index contributed by atoms with van der Waals surface area (Å²) in [6.45, 7) is 3.81. The Morgan fingerprint density at radius 1 is 1.24 bits per heavy atom. The molecule has 3 rings (SSSR count). The van der Waals surface area contributed by atoms with Crippen molar-refractivity contribution in [2.24, 2.45) is 7.05 Å². The average Bonchev–Trinajstić information content (AvgIpc) is 3.07. The van der Waals surface area contributed by atoms with Gasteiger partial charge in [-0.25, -0.2) is 0 Å². The largest absolute Gasteiger partial charge is 0.342 e. The van der Waals surface area contributed by atoms with Crippen LogP contribution in [0.3, 0.4) is 0 Å². The summed E-state index contributed by atoms with van der Waals surface area (Å²) >= 11 is 1.48. The minimum Gasteiger partial charge on any atom is -0.342 e. The van der Waals surface area contributed by atoms with E-state index in [4.69, 9.17) is 0 Å². The van der Waals surface area contributed by atoms with Gasteiger partial charge in [-0.15, -0.1) is 10.2 Å². The average molecular weight is 411 g/mol. The molecule has 1 aromatic heterocycles. The van der Waals surface area contributed by atoms with Crippen LogP contribution in [-0.2, 0) is 12.8 Å². The van der Waals surface area contributed by atoms with Gasteiger partial charge in [0.1, 0.15) is 0 Å². The molecule has 1 heterocycles. The molecule has 150 valence electrons. The predicted octanol–water partition coefficient (Wildman–Crippen LogP) is 3.82. The molecule has 9 heteroatoms. The van der Waals surface area contributed by atoms with Crippen LogP contribution in [0.1, 0.15) is 40.3 Å². The topological polar surface area (TPSA) is 103 Å². The lowest BCUT2D eigenvalue weighted by Crippen LogP contribution is -2.28. The van der Waals surface area contributed by atoms with E-state index in [1.165, 1.54) is 23.9 Å². The van der Waals surface area contributed by atoms with Gasteiger partial charge in [-0.1, -0.05) is 41.6 Å². The molecule has 0 bridgehead atoms. The smallest absolute Gasteiger partial charge is 0.269 e. The third kappa shape index (κ3) is 5.00. The maximum absolute atomic E-state index is 12.5. The van der Waals surface area contributed by atoms with Crippen LogP contribution >= 0.6 is 11.8 Å². The molecule has 3 aromatic rings. The Morgan fingerprint density at radius 2 is 1.97 bits per heavy atom. The van der Waals surface area contributed by atoms with E-state index in [1.807, 2.05) is 43.7 Å².